The minimum absolute atomic E-state index is 0.186. The quantitative estimate of drug-likeness (QED) is 0.485. The van der Waals surface area contributed by atoms with Crippen LogP contribution in [0, 0.1) is 0 Å². The van der Waals surface area contributed by atoms with Gasteiger partial charge in [0.25, 0.3) is 0 Å². The van der Waals surface area contributed by atoms with Gasteiger partial charge >= 0.3 is 0 Å². The van der Waals surface area contributed by atoms with E-state index in [0.717, 1.165) is 47.8 Å². The molecule has 0 N–H and O–H groups in total. The summed E-state index contributed by atoms with van der Waals surface area (Å²) in [6.07, 6.45) is 2.60. The molecule has 0 saturated carbocycles. The third kappa shape index (κ3) is 4.09. The average molecular weight is 399 g/mol. The SMILES string of the molecule is CCc1cc2c(SCC(=O)N3CCN(c4ccccc4)CC3)ncnc2s1. The number of hydrogen-bond acceptors (Lipinski definition) is 6. The van der Waals surface area contributed by atoms with Crippen LogP contribution in [0.2, 0.25) is 0 Å². The van der Waals surface area contributed by atoms with Gasteiger partial charge in [-0.15, -0.1) is 11.3 Å². The van der Waals surface area contributed by atoms with Crippen LogP contribution in [0.1, 0.15) is 11.8 Å². The van der Waals surface area contributed by atoms with Crippen molar-refractivity contribution in [1.82, 2.24) is 14.9 Å². The molecule has 1 amide bonds. The molecule has 0 unspecified atom stereocenters. The Hall–Kier alpha value is -2.12. The van der Waals surface area contributed by atoms with E-state index in [4.69, 9.17) is 0 Å². The Bertz CT molecular complexity index is 920. The number of thiophene rings is 1. The van der Waals surface area contributed by atoms with Crippen molar-refractivity contribution in [2.45, 2.75) is 18.4 Å². The topological polar surface area (TPSA) is 49.3 Å². The molecule has 7 heteroatoms. The molecule has 140 valence electrons. The maximum atomic E-state index is 12.7. The minimum Gasteiger partial charge on any atom is -0.368 e. The highest BCUT2D eigenvalue weighted by Gasteiger charge is 2.21. The third-order valence-electron chi connectivity index (χ3n) is 4.78. The lowest BCUT2D eigenvalue weighted by Gasteiger charge is -2.36. The summed E-state index contributed by atoms with van der Waals surface area (Å²) in [6.45, 7) is 5.44. The van der Waals surface area contributed by atoms with Crippen molar-refractivity contribution in [3.05, 3.63) is 47.6 Å². The van der Waals surface area contributed by atoms with E-state index in [1.807, 2.05) is 11.0 Å². The monoisotopic (exact) mass is 398 g/mol. The molecule has 3 aromatic rings. The molecular formula is C20H22N4OS2. The number of fused-ring (bicyclic) bond motifs is 1. The summed E-state index contributed by atoms with van der Waals surface area (Å²) in [7, 11) is 0. The number of nitrogens with zero attached hydrogens (tertiary/aromatic N) is 4. The number of carbonyl (C=O) groups excluding carboxylic acids is 1. The predicted molar refractivity (Wildman–Crippen MR) is 113 cm³/mol. The molecule has 3 heterocycles. The maximum absolute atomic E-state index is 12.7. The molecule has 1 aliphatic rings. The summed E-state index contributed by atoms with van der Waals surface area (Å²) in [5.74, 6) is 0.611. The molecule has 2 aromatic heterocycles. The van der Waals surface area contributed by atoms with Gasteiger partial charge in [-0.1, -0.05) is 36.9 Å². The first-order chi connectivity index (χ1) is 13.2. The van der Waals surface area contributed by atoms with Crippen LogP contribution in [-0.2, 0) is 11.2 Å². The van der Waals surface area contributed by atoms with Crippen LogP contribution in [0.25, 0.3) is 10.2 Å². The second-order valence-electron chi connectivity index (χ2n) is 6.46. The Balaban J connectivity index is 1.35. The number of para-hydroxylation sites is 1. The van der Waals surface area contributed by atoms with E-state index in [1.54, 1.807) is 17.7 Å². The molecule has 1 aliphatic heterocycles. The molecule has 0 bridgehead atoms. The zero-order chi connectivity index (χ0) is 18.6. The smallest absolute Gasteiger partial charge is 0.233 e. The van der Waals surface area contributed by atoms with E-state index in [2.05, 4.69) is 52.1 Å². The normalized spacial score (nSPS) is 14.7. The second kappa shape index (κ2) is 8.27. The van der Waals surface area contributed by atoms with Crippen molar-refractivity contribution in [2.75, 3.05) is 36.8 Å². The predicted octanol–water partition coefficient (Wildman–Crippen LogP) is 3.69. The van der Waals surface area contributed by atoms with E-state index in [-0.39, 0.29) is 5.91 Å². The van der Waals surface area contributed by atoms with Crippen molar-refractivity contribution >= 4 is 44.9 Å². The first-order valence-electron chi connectivity index (χ1n) is 9.18. The Morgan fingerprint density at radius 1 is 1.15 bits per heavy atom. The number of amides is 1. The largest absolute Gasteiger partial charge is 0.368 e. The fourth-order valence-corrected chi connectivity index (χ4v) is 5.12. The van der Waals surface area contributed by atoms with Gasteiger partial charge in [-0.3, -0.25) is 4.79 Å². The molecule has 0 radical (unpaired) electrons. The fraction of sp³-hybridized carbons (Fsp3) is 0.350. The standard InChI is InChI=1S/C20H22N4OS2/c1-2-16-12-17-19(21-14-22-20(17)27-16)26-13-18(25)24-10-8-23(9-11-24)15-6-4-3-5-7-15/h3-7,12,14H,2,8-11,13H2,1H3. The molecule has 0 spiro atoms. The van der Waals surface area contributed by atoms with Gasteiger partial charge in [-0.25, -0.2) is 9.97 Å². The highest BCUT2D eigenvalue weighted by atomic mass is 32.2. The highest BCUT2D eigenvalue weighted by molar-refractivity contribution is 8.00. The molecular weight excluding hydrogens is 376 g/mol. The lowest BCUT2D eigenvalue weighted by Crippen LogP contribution is -2.49. The lowest BCUT2D eigenvalue weighted by atomic mass is 10.2. The fourth-order valence-electron chi connectivity index (χ4n) is 3.25. The number of aryl methyl sites for hydroxylation is 1. The van der Waals surface area contributed by atoms with E-state index >= 15 is 0 Å². The van der Waals surface area contributed by atoms with Crippen molar-refractivity contribution in [2.24, 2.45) is 0 Å². The van der Waals surface area contributed by atoms with Crippen LogP contribution in [0.15, 0.2) is 47.8 Å². The maximum Gasteiger partial charge on any atom is 0.233 e. The molecule has 5 nitrogen and oxygen atoms in total. The number of aromatic nitrogens is 2. The van der Waals surface area contributed by atoms with Gasteiger partial charge in [0.15, 0.2) is 0 Å². The van der Waals surface area contributed by atoms with Gasteiger partial charge in [-0.05, 0) is 24.6 Å². The third-order valence-corrected chi connectivity index (χ3v) is 6.96. The number of thioether (sulfide) groups is 1. The van der Waals surface area contributed by atoms with Crippen molar-refractivity contribution in [1.29, 1.82) is 0 Å². The van der Waals surface area contributed by atoms with E-state index in [0.29, 0.717) is 5.75 Å². The van der Waals surface area contributed by atoms with Gasteiger partial charge in [0, 0.05) is 42.1 Å². The summed E-state index contributed by atoms with van der Waals surface area (Å²) in [5, 5.41) is 1.98. The summed E-state index contributed by atoms with van der Waals surface area (Å²) < 4.78 is 0. The van der Waals surface area contributed by atoms with E-state index in [1.165, 1.54) is 22.3 Å². The Labute approximate surface area is 167 Å². The van der Waals surface area contributed by atoms with Crippen LogP contribution < -0.4 is 4.90 Å². The summed E-state index contributed by atoms with van der Waals surface area (Å²) >= 11 is 3.23. The lowest BCUT2D eigenvalue weighted by molar-refractivity contribution is -0.128. The van der Waals surface area contributed by atoms with Crippen LogP contribution in [0.5, 0.6) is 0 Å². The number of hydrogen-bond donors (Lipinski definition) is 0. The first-order valence-corrected chi connectivity index (χ1v) is 11.0. The summed E-state index contributed by atoms with van der Waals surface area (Å²) in [6, 6.07) is 12.5. The number of anilines is 1. The highest BCUT2D eigenvalue weighted by Crippen LogP contribution is 2.31. The van der Waals surface area contributed by atoms with Crippen LogP contribution >= 0.6 is 23.1 Å². The number of benzene rings is 1. The van der Waals surface area contributed by atoms with Gasteiger partial charge in [0.05, 0.1) is 5.75 Å². The molecule has 0 atom stereocenters. The molecule has 1 aromatic carbocycles. The average Bonchev–Trinajstić information content (AvgIpc) is 3.17. The minimum atomic E-state index is 0.186. The number of carbonyl (C=O) groups is 1. The van der Waals surface area contributed by atoms with Crippen LogP contribution in [-0.4, -0.2) is 52.7 Å². The second-order valence-corrected chi connectivity index (χ2v) is 8.54. The Morgan fingerprint density at radius 2 is 1.93 bits per heavy atom. The van der Waals surface area contributed by atoms with Crippen molar-refractivity contribution in [3.63, 3.8) is 0 Å². The molecule has 4 rings (SSSR count). The van der Waals surface area contributed by atoms with Gasteiger partial charge in [0.2, 0.25) is 5.91 Å². The van der Waals surface area contributed by atoms with E-state index in [9.17, 15) is 4.79 Å². The summed E-state index contributed by atoms with van der Waals surface area (Å²) in [4.78, 5) is 28.0. The van der Waals surface area contributed by atoms with Crippen molar-refractivity contribution in [3.8, 4) is 0 Å². The molecule has 1 fully saturated rings. The van der Waals surface area contributed by atoms with Gasteiger partial charge < -0.3 is 9.80 Å². The zero-order valence-corrected chi connectivity index (χ0v) is 16.9. The summed E-state index contributed by atoms with van der Waals surface area (Å²) in [5.41, 5.74) is 1.23. The van der Waals surface area contributed by atoms with Crippen molar-refractivity contribution < 1.29 is 4.79 Å². The van der Waals surface area contributed by atoms with Crippen LogP contribution in [0.4, 0.5) is 5.69 Å². The van der Waals surface area contributed by atoms with Crippen LogP contribution in [0.3, 0.4) is 0 Å². The zero-order valence-electron chi connectivity index (χ0n) is 15.3. The van der Waals surface area contributed by atoms with E-state index < -0.39 is 0 Å². The first kappa shape index (κ1) is 18.3. The molecule has 27 heavy (non-hydrogen) atoms. The van der Waals surface area contributed by atoms with Gasteiger partial charge in [0.1, 0.15) is 16.2 Å². The molecule has 1 saturated heterocycles. The number of piperazine rings is 1. The van der Waals surface area contributed by atoms with Gasteiger partial charge in [-0.2, -0.15) is 0 Å². The Morgan fingerprint density at radius 3 is 2.67 bits per heavy atom. The number of rotatable bonds is 5. The Kier molecular flexibility index (Phi) is 5.59. The molecule has 0 aliphatic carbocycles.